The number of hydrogen-bond donors (Lipinski definition) is 3. The number of rotatable bonds is 6. The van der Waals surface area contributed by atoms with Gasteiger partial charge < -0.3 is 19.8 Å². The number of carbonyl (C=O) groups excluding carboxylic acids is 1. The third-order valence-corrected chi connectivity index (χ3v) is 5.73. The van der Waals surface area contributed by atoms with Crippen LogP contribution in [0.3, 0.4) is 0 Å². The molecule has 0 saturated carbocycles. The summed E-state index contributed by atoms with van der Waals surface area (Å²) in [4.78, 5) is 26.7. The maximum atomic E-state index is 13.0. The SMILES string of the molecule is [C-]#[N+]c1ccc(OC)c(C(=O)Nc2c[nH]nc2-c2nc3cc(CN4CCOCC4)ccc3[nH]2)c1. The van der Waals surface area contributed by atoms with Crippen LogP contribution >= 0.6 is 0 Å². The van der Waals surface area contributed by atoms with Crippen LogP contribution in [-0.2, 0) is 11.3 Å². The lowest BCUT2D eigenvalue weighted by Gasteiger charge is -2.26. The van der Waals surface area contributed by atoms with Crippen LogP contribution in [-0.4, -0.2) is 64.4 Å². The van der Waals surface area contributed by atoms with Gasteiger partial charge >= 0.3 is 0 Å². The van der Waals surface area contributed by atoms with E-state index in [1.54, 1.807) is 18.3 Å². The Hall–Kier alpha value is -4.20. The second kappa shape index (κ2) is 9.35. The van der Waals surface area contributed by atoms with Gasteiger partial charge in [-0.25, -0.2) is 9.83 Å². The summed E-state index contributed by atoms with van der Waals surface area (Å²) >= 11 is 0. The summed E-state index contributed by atoms with van der Waals surface area (Å²) in [5, 5.41) is 9.92. The molecule has 1 aliphatic rings. The number of carbonyl (C=O) groups is 1. The third kappa shape index (κ3) is 4.34. The summed E-state index contributed by atoms with van der Waals surface area (Å²) < 4.78 is 10.7. The number of nitrogens with zero attached hydrogens (tertiary/aromatic N) is 4. The highest BCUT2D eigenvalue weighted by molar-refractivity contribution is 6.08. The topological polar surface area (TPSA) is 113 Å². The zero-order valence-electron chi connectivity index (χ0n) is 18.6. The Bertz CT molecular complexity index is 1380. The van der Waals surface area contributed by atoms with Gasteiger partial charge in [-0.05, 0) is 29.8 Å². The molecule has 0 unspecified atom stereocenters. The maximum absolute atomic E-state index is 13.0. The smallest absolute Gasteiger partial charge is 0.258 e. The highest BCUT2D eigenvalue weighted by Crippen LogP contribution is 2.29. The molecular weight excluding hydrogens is 434 g/mol. The summed E-state index contributed by atoms with van der Waals surface area (Å²) in [6.45, 7) is 11.4. The number of amides is 1. The van der Waals surface area contributed by atoms with Gasteiger partial charge in [0.25, 0.3) is 5.91 Å². The van der Waals surface area contributed by atoms with Crippen LogP contribution in [0.4, 0.5) is 11.4 Å². The van der Waals surface area contributed by atoms with Gasteiger partial charge in [-0.1, -0.05) is 12.1 Å². The number of methoxy groups -OCH3 is 1. The molecule has 0 spiro atoms. The largest absolute Gasteiger partial charge is 0.496 e. The van der Waals surface area contributed by atoms with Crippen LogP contribution < -0.4 is 10.1 Å². The van der Waals surface area contributed by atoms with Gasteiger partial charge in [0, 0.05) is 25.8 Å². The first-order chi connectivity index (χ1) is 16.6. The highest BCUT2D eigenvalue weighted by Gasteiger charge is 2.19. The first-order valence-electron chi connectivity index (χ1n) is 10.8. The molecule has 2 aromatic carbocycles. The average molecular weight is 457 g/mol. The molecule has 0 atom stereocenters. The molecule has 1 saturated heterocycles. The van der Waals surface area contributed by atoms with E-state index in [2.05, 4.69) is 42.4 Å². The Morgan fingerprint density at radius 2 is 2.12 bits per heavy atom. The fourth-order valence-electron chi connectivity index (χ4n) is 3.98. The lowest BCUT2D eigenvalue weighted by Crippen LogP contribution is -2.35. The number of aromatic nitrogens is 4. The van der Waals surface area contributed by atoms with E-state index in [-0.39, 0.29) is 5.56 Å². The average Bonchev–Trinajstić information content (AvgIpc) is 3.50. The standard InChI is InChI=1S/C24H23N7O3/c1-25-16-4-6-21(33-2)17(12-16)24(32)29-20-13-26-30-22(20)23-27-18-5-3-15(11-19(18)28-23)14-31-7-9-34-10-8-31/h3-6,11-13H,7-10,14H2,2H3,(H,26,30)(H,27,28)(H,29,32). The number of aromatic amines is 2. The van der Waals surface area contributed by atoms with Gasteiger partial charge in [0.15, 0.2) is 17.2 Å². The number of hydrogen-bond acceptors (Lipinski definition) is 6. The van der Waals surface area contributed by atoms with Crippen LogP contribution in [0, 0.1) is 6.57 Å². The van der Waals surface area contributed by atoms with Crippen LogP contribution in [0.1, 0.15) is 15.9 Å². The predicted octanol–water partition coefficient (Wildman–Crippen LogP) is 3.60. The minimum atomic E-state index is -0.408. The molecule has 0 aliphatic carbocycles. The molecule has 172 valence electrons. The predicted molar refractivity (Wildman–Crippen MR) is 127 cm³/mol. The first-order valence-corrected chi connectivity index (χ1v) is 10.8. The van der Waals surface area contributed by atoms with Crippen molar-refractivity contribution >= 4 is 28.3 Å². The quantitative estimate of drug-likeness (QED) is 0.382. The molecule has 1 fully saturated rings. The van der Waals surface area contributed by atoms with Crippen molar-refractivity contribution < 1.29 is 14.3 Å². The summed E-state index contributed by atoms with van der Waals surface area (Å²) in [6, 6.07) is 10.9. The van der Waals surface area contributed by atoms with Crippen molar-refractivity contribution in [3.8, 4) is 17.3 Å². The maximum Gasteiger partial charge on any atom is 0.258 e. The number of benzene rings is 2. The number of morpholine rings is 1. The summed E-state index contributed by atoms with van der Waals surface area (Å²) in [6.07, 6.45) is 1.59. The van der Waals surface area contributed by atoms with Crippen molar-refractivity contribution in [2.24, 2.45) is 0 Å². The second-order valence-corrected chi connectivity index (χ2v) is 7.92. The van der Waals surface area contributed by atoms with Gasteiger partial charge in [0.2, 0.25) is 0 Å². The number of fused-ring (bicyclic) bond motifs is 1. The molecule has 1 aliphatic heterocycles. The Morgan fingerprint density at radius 3 is 2.91 bits per heavy atom. The van der Waals surface area contributed by atoms with E-state index in [9.17, 15) is 4.79 Å². The number of imidazole rings is 1. The molecule has 10 nitrogen and oxygen atoms in total. The van der Waals surface area contributed by atoms with Crippen LogP contribution in [0.5, 0.6) is 5.75 Å². The van der Waals surface area contributed by atoms with Gasteiger partial charge in [-0.2, -0.15) is 5.10 Å². The van der Waals surface area contributed by atoms with E-state index in [1.807, 2.05) is 6.07 Å². The highest BCUT2D eigenvalue weighted by atomic mass is 16.5. The molecule has 10 heteroatoms. The monoisotopic (exact) mass is 457 g/mol. The van der Waals surface area contributed by atoms with Crippen LogP contribution in [0.2, 0.25) is 0 Å². The Labute approximate surface area is 195 Å². The van der Waals surface area contributed by atoms with Gasteiger partial charge in [-0.15, -0.1) is 0 Å². The number of anilines is 1. The molecule has 1 amide bonds. The van der Waals surface area contributed by atoms with Crippen molar-refractivity contribution in [3.05, 3.63) is 65.1 Å². The molecule has 0 bridgehead atoms. The molecule has 3 N–H and O–H groups in total. The van der Waals surface area contributed by atoms with E-state index < -0.39 is 5.91 Å². The van der Waals surface area contributed by atoms with Crippen LogP contribution in [0.15, 0.2) is 42.6 Å². The van der Waals surface area contributed by atoms with Crippen LogP contribution in [0.25, 0.3) is 27.4 Å². The molecule has 5 rings (SSSR count). The van der Waals surface area contributed by atoms with Crippen molar-refractivity contribution in [1.29, 1.82) is 0 Å². The molecule has 2 aromatic heterocycles. The van der Waals surface area contributed by atoms with Crippen molar-refractivity contribution in [1.82, 2.24) is 25.1 Å². The fourth-order valence-corrected chi connectivity index (χ4v) is 3.98. The Balaban J connectivity index is 1.39. The van der Waals surface area contributed by atoms with E-state index in [1.165, 1.54) is 18.7 Å². The molecule has 34 heavy (non-hydrogen) atoms. The summed E-state index contributed by atoms with van der Waals surface area (Å²) in [5.41, 5.74) is 4.45. The number of nitrogens with one attached hydrogen (secondary N) is 3. The van der Waals surface area contributed by atoms with Gasteiger partial charge in [0.05, 0.1) is 49.2 Å². The second-order valence-electron chi connectivity index (χ2n) is 7.92. The number of ether oxygens (including phenoxy) is 2. The lowest BCUT2D eigenvalue weighted by atomic mass is 10.1. The molecule has 3 heterocycles. The molecule has 4 aromatic rings. The van der Waals surface area contributed by atoms with E-state index in [0.717, 1.165) is 43.9 Å². The minimum absolute atomic E-state index is 0.264. The zero-order valence-corrected chi connectivity index (χ0v) is 18.6. The third-order valence-electron chi connectivity index (χ3n) is 5.73. The minimum Gasteiger partial charge on any atom is -0.496 e. The molecular formula is C24H23N7O3. The number of H-pyrrole nitrogens is 2. The summed E-state index contributed by atoms with van der Waals surface area (Å²) in [7, 11) is 1.48. The normalized spacial score (nSPS) is 14.1. The van der Waals surface area contributed by atoms with Crippen molar-refractivity contribution in [2.75, 3.05) is 38.7 Å². The first kappa shape index (κ1) is 21.6. The van der Waals surface area contributed by atoms with Gasteiger partial charge in [-0.3, -0.25) is 14.8 Å². The van der Waals surface area contributed by atoms with Crippen molar-refractivity contribution in [2.45, 2.75) is 6.54 Å². The van der Waals surface area contributed by atoms with E-state index >= 15 is 0 Å². The summed E-state index contributed by atoms with van der Waals surface area (Å²) in [5.74, 6) is 0.511. The molecule has 0 radical (unpaired) electrons. The lowest BCUT2D eigenvalue weighted by molar-refractivity contribution is 0.0342. The van der Waals surface area contributed by atoms with E-state index in [0.29, 0.717) is 28.6 Å². The Morgan fingerprint density at radius 1 is 1.26 bits per heavy atom. The van der Waals surface area contributed by atoms with Crippen molar-refractivity contribution in [3.63, 3.8) is 0 Å². The fraction of sp³-hybridized carbons (Fsp3) is 0.250. The van der Waals surface area contributed by atoms with E-state index in [4.69, 9.17) is 21.0 Å². The Kier molecular flexibility index (Phi) is 5.95. The zero-order chi connectivity index (χ0) is 23.5. The van der Waals surface area contributed by atoms with Gasteiger partial charge in [0.1, 0.15) is 5.75 Å².